The number of hydrogen-bond donors (Lipinski definition) is 1. The van der Waals surface area contributed by atoms with Crippen molar-refractivity contribution in [2.75, 3.05) is 0 Å². The molecule has 0 saturated carbocycles. The number of benzene rings is 1. The summed E-state index contributed by atoms with van der Waals surface area (Å²) in [6.45, 7) is 1.80. The first kappa shape index (κ1) is 13.2. The number of aliphatic hydroxyl groups is 1. The summed E-state index contributed by atoms with van der Waals surface area (Å²) >= 11 is 0. The number of fused-ring (bicyclic) bond motifs is 1. The Morgan fingerprint density at radius 1 is 1.15 bits per heavy atom. The molecule has 20 heavy (non-hydrogen) atoms. The number of nitrogens with zero attached hydrogens (tertiary/aromatic N) is 1. The Kier molecular flexibility index (Phi) is 3.09. The maximum atomic E-state index is 13.4. The molecule has 2 aromatic rings. The van der Waals surface area contributed by atoms with Gasteiger partial charge in [-0.05, 0) is 32.3 Å². The molecule has 1 aliphatic carbocycles. The molecule has 1 heterocycles. The van der Waals surface area contributed by atoms with Crippen molar-refractivity contribution < 1.29 is 18.3 Å². The lowest BCUT2D eigenvalue weighted by Crippen LogP contribution is -2.12. The summed E-state index contributed by atoms with van der Waals surface area (Å²) in [6.07, 6.45) is 1.67. The predicted octanol–water partition coefficient (Wildman–Crippen LogP) is 3.57. The number of aromatic nitrogens is 1. The number of aryl methyl sites for hydroxylation is 1. The van der Waals surface area contributed by atoms with Gasteiger partial charge in [-0.2, -0.15) is 0 Å². The quantitative estimate of drug-likeness (QED) is 0.794. The van der Waals surface area contributed by atoms with Gasteiger partial charge in [-0.15, -0.1) is 0 Å². The minimum absolute atomic E-state index is 0.245. The summed E-state index contributed by atoms with van der Waals surface area (Å²) in [5, 5.41) is 9.98. The molecule has 0 bridgehead atoms. The van der Waals surface area contributed by atoms with Gasteiger partial charge in [0.05, 0.1) is 11.8 Å². The van der Waals surface area contributed by atoms with Gasteiger partial charge in [0.15, 0.2) is 17.5 Å². The second-order valence-electron chi connectivity index (χ2n) is 5.15. The van der Waals surface area contributed by atoms with Gasteiger partial charge in [-0.1, -0.05) is 0 Å². The van der Waals surface area contributed by atoms with Gasteiger partial charge in [0.1, 0.15) is 0 Å². The Bertz CT molecular complexity index is 655. The van der Waals surface area contributed by atoms with Crippen molar-refractivity contribution in [1.82, 2.24) is 4.57 Å². The molecule has 1 unspecified atom stereocenters. The minimum Gasteiger partial charge on any atom is -0.388 e. The monoisotopic (exact) mass is 281 g/mol. The number of hydrogen-bond acceptors (Lipinski definition) is 1. The highest BCUT2D eigenvalue weighted by molar-refractivity contribution is 5.43. The van der Waals surface area contributed by atoms with Crippen molar-refractivity contribution >= 4 is 0 Å². The van der Waals surface area contributed by atoms with Crippen LogP contribution in [-0.4, -0.2) is 9.67 Å². The molecule has 0 fully saturated rings. The fraction of sp³-hybridized carbons (Fsp3) is 0.333. The highest BCUT2D eigenvalue weighted by Gasteiger charge is 2.24. The molecule has 0 radical (unpaired) electrons. The van der Waals surface area contributed by atoms with Crippen LogP contribution in [0.2, 0.25) is 0 Å². The highest BCUT2D eigenvalue weighted by atomic mass is 19.2. The van der Waals surface area contributed by atoms with Crippen LogP contribution >= 0.6 is 0 Å². The number of rotatable bonds is 1. The first-order valence-electron chi connectivity index (χ1n) is 6.53. The van der Waals surface area contributed by atoms with Crippen LogP contribution in [0.1, 0.15) is 35.9 Å². The first-order valence-corrected chi connectivity index (χ1v) is 6.53. The van der Waals surface area contributed by atoms with Gasteiger partial charge in [-0.25, -0.2) is 13.2 Å². The molecule has 0 amide bonds. The number of halogens is 3. The second-order valence-corrected chi connectivity index (χ2v) is 5.15. The molecule has 1 atom stereocenters. The minimum atomic E-state index is -1.47. The topological polar surface area (TPSA) is 25.2 Å². The third-order valence-corrected chi connectivity index (χ3v) is 3.80. The van der Waals surface area contributed by atoms with Crippen LogP contribution in [0.5, 0.6) is 0 Å². The molecule has 0 spiro atoms. The second kappa shape index (κ2) is 4.66. The van der Waals surface area contributed by atoms with E-state index in [-0.39, 0.29) is 5.69 Å². The van der Waals surface area contributed by atoms with E-state index in [2.05, 4.69) is 0 Å². The third-order valence-electron chi connectivity index (χ3n) is 3.80. The van der Waals surface area contributed by atoms with Crippen molar-refractivity contribution in [1.29, 1.82) is 0 Å². The van der Waals surface area contributed by atoms with Crippen molar-refractivity contribution in [2.45, 2.75) is 32.3 Å². The van der Waals surface area contributed by atoms with E-state index in [1.807, 2.05) is 6.07 Å². The molecule has 0 saturated heterocycles. The van der Waals surface area contributed by atoms with E-state index in [0.29, 0.717) is 6.42 Å². The van der Waals surface area contributed by atoms with E-state index in [1.165, 1.54) is 0 Å². The van der Waals surface area contributed by atoms with E-state index in [0.717, 1.165) is 41.9 Å². The van der Waals surface area contributed by atoms with E-state index in [9.17, 15) is 18.3 Å². The van der Waals surface area contributed by atoms with Gasteiger partial charge in [0.2, 0.25) is 0 Å². The van der Waals surface area contributed by atoms with Gasteiger partial charge < -0.3 is 9.67 Å². The van der Waals surface area contributed by atoms with Crippen LogP contribution in [-0.2, 0) is 6.42 Å². The molecule has 1 N–H and O–H groups in total. The molecule has 0 aliphatic heterocycles. The Hall–Kier alpha value is -1.75. The third kappa shape index (κ3) is 1.93. The standard InChI is InChI=1S/C15H14F3NO/c1-8-5-10-13(3-2-4-14(10)20)19(8)9-6-11(16)15(18)12(17)7-9/h5-7,14,20H,2-4H2,1H3. The van der Waals surface area contributed by atoms with Crippen LogP contribution in [0.4, 0.5) is 13.2 Å². The Morgan fingerprint density at radius 2 is 1.80 bits per heavy atom. The fourth-order valence-corrected chi connectivity index (χ4v) is 2.91. The van der Waals surface area contributed by atoms with Gasteiger partial charge >= 0.3 is 0 Å². The lowest BCUT2D eigenvalue weighted by Gasteiger charge is -2.20. The zero-order valence-electron chi connectivity index (χ0n) is 11.0. The van der Waals surface area contributed by atoms with Crippen LogP contribution in [0.25, 0.3) is 5.69 Å². The van der Waals surface area contributed by atoms with Gasteiger partial charge in [0.25, 0.3) is 0 Å². The average molecular weight is 281 g/mol. The summed E-state index contributed by atoms with van der Waals surface area (Å²) in [5.74, 6) is -3.89. The summed E-state index contributed by atoms with van der Waals surface area (Å²) in [5.41, 5.74) is 2.64. The lowest BCUT2D eigenvalue weighted by molar-refractivity contribution is 0.156. The predicted molar refractivity (Wildman–Crippen MR) is 68.3 cm³/mol. The molecular formula is C15H14F3NO. The summed E-state index contributed by atoms with van der Waals surface area (Å²) in [7, 11) is 0. The fourth-order valence-electron chi connectivity index (χ4n) is 2.91. The molecule has 106 valence electrons. The van der Waals surface area contributed by atoms with E-state index in [4.69, 9.17) is 0 Å². The molecule has 3 rings (SSSR count). The zero-order chi connectivity index (χ0) is 14.4. The largest absolute Gasteiger partial charge is 0.388 e. The molecule has 2 nitrogen and oxygen atoms in total. The van der Waals surface area contributed by atoms with Crippen LogP contribution in [0.15, 0.2) is 18.2 Å². The van der Waals surface area contributed by atoms with Gasteiger partial charge in [-0.3, -0.25) is 0 Å². The average Bonchev–Trinajstić information content (AvgIpc) is 2.73. The first-order chi connectivity index (χ1) is 9.49. The maximum absolute atomic E-state index is 13.4. The molecule has 1 aliphatic rings. The molecular weight excluding hydrogens is 267 g/mol. The van der Waals surface area contributed by atoms with Crippen molar-refractivity contribution in [3.8, 4) is 5.69 Å². The number of aliphatic hydroxyl groups excluding tert-OH is 1. The summed E-state index contributed by atoms with van der Waals surface area (Å²) in [6, 6.07) is 3.78. The molecule has 5 heteroatoms. The smallest absolute Gasteiger partial charge is 0.194 e. The lowest BCUT2D eigenvalue weighted by atomic mass is 9.95. The Morgan fingerprint density at radius 3 is 2.45 bits per heavy atom. The van der Waals surface area contributed by atoms with Gasteiger partial charge in [0, 0.05) is 29.1 Å². The summed E-state index contributed by atoms with van der Waals surface area (Å²) in [4.78, 5) is 0. The molecule has 1 aromatic carbocycles. The summed E-state index contributed by atoms with van der Waals surface area (Å²) < 4.78 is 41.5. The SMILES string of the molecule is Cc1cc2c(n1-c1cc(F)c(F)c(F)c1)CCCC2O. The van der Waals surface area contributed by atoms with E-state index >= 15 is 0 Å². The van der Waals surface area contributed by atoms with Crippen LogP contribution in [0, 0.1) is 24.4 Å². The van der Waals surface area contributed by atoms with Crippen LogP contribution < -0.4 is 0 Å². The van der Waals surface area contributed by atoms with Crippen molar-refractivity contribution in [3.05, 3.63) is 52.6 Å². The zero-order valence-corrected chi connectivity index (χ0v) is 11.0. The molecule has 1 aromatic heterocycles. The van der Waals surface area contributed by atoms with Crippen molar-refractivity contribution in [2.24, 2.45) is 0 Å². The highest BCUT2D eigenvalue weighted by Crippen LogP contribution is 2.34. The Labute approximate surface area is 114 Å². The Balaban J connectivity index is 2.20. The van der Waals surface area contributed by atoms with E-state index < -0.39 is 23.6 Å². The van der Waals surface area contributed by atoms with E-state index in [1.54, 1.807) is 11.5 Å². The van der Waals surface area contributed by atoms with Crippen LogP contribution in [0.3, 0.4) is 0 Å². The normalized spacial score (nSPS) is 18.1. The van der Waals surface area contributed by atoms with Crippen molar-refractivity contribution in [3.63, 3.8) is 0 Å². The maximum Gasteiger partial charge on any atom is 0.194 e.